The maximum atomic E-state index is 13.7. The number of carbonyl (C=O) groups excluding carboxylic acids is 1. The standard InChI is InChI=1S/C16H17FN2O2/c1-19-13-4-12(5-14(19)9-21-8-13)16(20)10-2-3-11(7-18)15(17)6-10/h2-3,6,12-14H,4-5,8-9H2,1H3. The van der Waals surface area contributed by atoms with E-state index in [1.54, 1.807) is 12.1 Å². The Morgan fingerprint density at radius 2 is 2.05 bits per heavy atom. The number of likely N-dealkylation sites (N-methyl/N-ethyl adjacent to an activating group) is 1. The molecular weight excluding hydrogens is 271 g/mol. The normalized spacial score (nSPS) is 28.9. The molecule has 0 radical (unpaired) electrons. The second-order valence-electron chi connectivity index (χ2n) is 5.85. The SMILES string of the molecule is CN1C2COCC1CC(C(=O)c1ccc(C#N)c(F)c1)C2. The van der Waals surface area contributed by atoms with Gasteiger partial charge in [-0.2, -0.15) is 5.26 Å². The number of ketones is 1. The molecule has 0 saturated carbocycles. The Morgan fingerprint density at radius 1 is 1.38 bits per heavy atom. The molecule has 21 heavy (non-hydrogen) atoms. The first-order valence-electron chi connectivity index (χ1n) is 7.13. The summed E-state index contributed by atoms with van der Waals surface area (Å²) in [7, 11) is 2.07. The molecule has 5 heteroatoms. The van der Waals surface area contributed by atoms with Crippen LogP contribution in [0.2, 0.25) is 0 Å². The monoisotopic (exact) mass is 288 g/mol. The Balaban J connectivity index is 1.80. The quantitative estimate of drug-likeness (QED) is 0.781. The van der Waals surface area contributed by atoms with Crippen molar-refractivity contribution in [2.24, 2.45) is 5.92 Å². The summed E-state index contributed by atoms with van der Waals surface area (Å²) in [6, 6.07) is 6.40. The lowest BCUT2D eigenvalue weighted by molar-refractivity contribution is -0.0702. The number of Topliss-reactive ketones (excluding diaryl/α,β-unsaturated/α-hetero) is 1. The highest BCUT2D eigenvalue weighted by Crippen LogP contribution is 2.32. The Labute approximate surface area is 123 Å². The number of nitrogens with zero attached hydrogens (tertiary/aromatic N) is 2. The van der Waals surface area contributed by atoms with Crippen LogP contribution in [0.3, 0.4) is 0 Å². The average molecular weight is 288 g/mol. The van der Waals surface area contributed by atoms with Crippen LogP contribution in [0.15, 0.2) is 18.2 Å². The fourth-order valence-corrected chi connectivity index (χ4v) is 3.30. The van der Waals surface area contributed by atoms with Crippen LogP contribution in [0.1, 0.15) is 28.8 Å². The van der Waals surface area contributed by atoms with Gasteiger partial charge in [0.25, 0.3) is 0 Å². The van der Waals surface area contributed by atoms with E-state index in [0.717, 1.165) is 12.8 Å². The van der Waals surface area contributed by atoms with E-state index in [4.69, 9.17) is 10.00 Å². The zero-order valence-electron chi connectivity index (χ0n) is 11.9. The van der Waals surface area contributed by atoms with Gasteiger partial charge in [0, 0.05) is 23.6 Å². The number of rotatable bonds is 2. The first-order valence-corrected chi connectivity index (χ1v) is 7.13. The van der Waals surface area contributed by atoms with Crippen molar-refractivity contribution in [3.8, 4) is 6.07 Å². The fraction of sp³-hybridized carbons (Fsp3) is 0.500. The van der Waals surface area contributed by atoms with Crippen molar-refractivity contribution in [2.45, 2.75) is 24.9 Å². The van der Waals surface area contributed by atoms with Crippen molar-refractivity contribution >= 4 is 5.78 Å². The smallest absolute Gasteiger partial charge is 0.166 e. The number of nitriles is 1. The van der Waals surface area contributed by atoms with Gasteiger partial charge in [-0.05, 0) is 38.1 Å². The molecule has 0 aliphatic carbocycles. The zero-order chi connectivity index (χ0) is 15.0. The summed E-state index contributed by atoms with van der Waals surface area (Å²) in [6.07, 6.45) is 1.49. The summed E-state index contributed by atoms with van der Waals surface area (Å²) in [5, 5.41) is 8.74. The number of hydrogen-bond acceptors (Lipinski definition) is 4. The lowest BCUT2D eigenvalue weighted by Crippen LogP contribution is -2.55. The van der Waals surface area contributed by atoms with Gasteiger partial charge in [-0.25, -0.2) is 4.39 Å². The van der Waals surface area contributed by atoms with Crippen molar-refractivity contribution in [3.05, 3.63) is 35.1 Å². The van der Waals surface area contributed by atoms with Crippen molar-refractivity contribution in [3.63, 3.8) is 0 Å². The van der Waals surface area contributed by atoms with E-state index < -0.39 is 5.82 Å². The number of halogens is 1. The highest BCUT2D eigenvalue weighted by Gasteiger charge is 2.39. The van der Waals surface area contributed by atoms with Crippen molar-refractivity contribution in [1.82, 2.24) is 4.90 Å². The molecule has 0 N–H and O–H groups in total. The van der Waals surface area contributed by atoms with Crippen LogP contribution in [0.25, 0.3) is 0 Å². The molecule has 2 unspecified atom stereocenters. The second kappa shape index (κ2) is 5.55. The molecule has 1 aromatic carbocycles. The van der Waals surface area contributed by atoms with Crippen molar-refractivity contribution < 1.29 is 13.9 Å². The maximum Gasteiger partial charge on any atom is 0.166 e. The second-order valence-corrected chi connectivity index (χ2v) is 5.85. The molecular formula is C16H17FN2O2. The van der Waals surface area contributed by atoms with Gasteiger partial charge in [0.1, 0.15) is 11.9 Å². The van der Waals surface area contributed by atoms with E-state index in [1.807, 2.05) is 0 Å². The lowest BCUT2D eigenvalue weighted by atomic mass is 9.81. The summed E-state index contributed by atoms with van der Waals surface area (Å²) in [5.41, 5.74) is 0.334. The van der Waals surface area contributed by atoms with Crippen LogP contribution < -0.4 is 0 Å². The van der Waals surface area contributed by atoms with Gasteiger partial charge in [-0.1, -0.05) is 0 Å². The molecule has 0 aromatic heterocycles. The third kappa shape index (κ3) is 2.57. The molecule has 2 aliphatic heterocycles. The van der Waals surface area contributed by atoms with Gasteiger partial charge in [0.2, 0.25) is 0 Å². The zero-order valence-corrected chi connectivity index (χ0v) is 11.9. The first-order chi connectivity index (χ1) is 10.1. The molecule has 0 amide bonds. The van der Waals surface area contributed by atoms with Crippen LogP contribution in [-0.4, -0.2) is 43.0 Å². The summed E-state index contributed by atoms with van der Waals surface area (Å²) < 4.78 is 19.2. The number of benzene rings is 1. The third-order valence-electron chi connectivity index (χ3n) is 4.63. The molecule has 3 rings (SSSR count). The molecule has 1 aromatic rings. The molecule has 4 nitrogen and oxygen atoms in total. The molecule has 2 bridgehead atoms. The number of carbonyl (C=O) groups is 1. The lowest BCUT2D eigenvalue weighted by Gasteiger charge is -2.46. The molecule has 2 saturated heterocycles. The van der Waals surface area contributed by atoms with E-state index in [-0.39, 0.29) is 29.3 Å². The van der Waals surface area contributed by atoms with Gasteiger partial charge in [-0.3, -0.25) is 9.69 Å². The summed E-state index contributed by atoms with van der Waals surface area (Å²) in [5.74, 6) is -0.740. The number of morpholine rings is 1. The van der Waals surface area contributed by atoms with E-state index in [2.05, 4.69) is 11.9 Å². The van der Waals surface area contributed by atoms with Crippen LogP contribution in [-0.2, 0) is 4.74 Å². The van der Waals surface area contributed by atoms with Gasteiger partial charge < -0.3 is 4.74 Å². The molecule has 2 heterocycles. The largest absolute Gasteiger partial charge is 0.378 e. The summed E-state index contributed by atoms with van der Waals surface area (Å²) >= 11 is 0. The first kappa shape index (κ1) is 14.2. The van der Waals surface area contributed by atoms with Gasteiger partial charge in [0.05, 0.1) is 18.8 Å². The fourth-order valence-electron chi connectivity index (χ4n) is 3.30. The van der Waals surface area contributed by atoms with Crippen LogP contribution in [0.5, 0.6) is 0 Å². The minimum absolute atomic E-state index is 0.0246. The Kier molecular flexibility index (Phi) is 3.75. The van der Waals surface area contributed by atoms with E-state index >= 15 is 0 Å². The van der Waals surface area contributed by atoms with Gasteiger partial charge in [0.15, 0.2) is 5.78 Å². The molecule has 2 fully saturated rings. The average Bonchev–Trinajstić information content (AvgIpc) is 2.46. The molecule has 0 spiro atoms. The van der Waals surface area contributed by atoms with Gasteiger partial charge in [-0.15, -0.1) is 0 Å². The molecule has 110 valence electrons. The predicted octanol–water partition coefficient (Wildman–Crippen LogP) is 1.99. The Morgan fingerprint density at radius 3 is 2.62 bits per heavy atom. The number of fused-ring (bicyclic) bond motifs is 2. The predicted molar refractivity (Wildman–Crippen MR) is 74.3 cm³/mol. The Bertz CT molecular complexity index is 597. The van der Waals surface area contributed by atoms with Crippen LogP contribution >= 0.6 is 0 Å². The molecule has 2 atom stereocenters. The minimum atomic E-state index is -0.625. The Hall–Kier alpha value is -1.77. The van der Waals surface area contributed by atoms with Crippen LogP contribution in [0, 0.1) is 23.1 Å². The highest BCUT2D eigenvalue weighted by atomic mass is 19.1. The third-order valence-corrected chi connectivity index (χ3v) is 4.63. The van der Waals surface area contributed by atoms with E-state index in [0.29, 0.717) is 18.8 Å². The van der Waals surface area contributed by atoms with Gasteiger partial charge >= 0.3 is 0 Å². The van der Waals surface area contributed by atoms with Crippen molar-refractivity contribution in [2.75, 3.05) is 20.3 Å². The topological polar surface area (TPSA) is 53.3 Å². The number of hydrogen-bond donors (Lipinski definition) is 0. The molecule has 2 aliphatic rings. The summed E-state index contributed by atoms with van der Waals surface area (Å²) in [4.78, 5) is 14.9. The van der Waals surface area contributed by atoms with Crippen molar-refractivity contribution in [1.29, 1.82) is 5.26 Å². The summed E-state index contributed by atoms with van der Waals surface area (Å²) in [6.45, 7) is 1.30. The van der Waals surface area contributed by atoms with Crippen LogP contribution in [0.4, 0.5) is 4.39 Å². The van der Waals surface area contributed by atoms with E-state index in [9.17, 15) is 9.18 Å². The highest BCUT2D eigenvalue weighted by molar-refractivity contribution is 5.98. The number of ether oxygens (including phenoxy) is 1. The minimum Gasteiger partial charge on any atom is -0.378 e. The van der Waals surface area contributed by atoms with E-state index in [1.165, 1.54) is 12.1 Å². The number of piperidine rings is 1. The maximum absolute atomic E-state index is 13.7.